The summed E-state index contributed by atoms with van der Waals surface area (Å²) >= 11 is 0. The molecule has 0 aromatic heterocycles. The Kier molecular flexibility index (Phi) is 3.46. The van der Waals surface area contributed by atoms with E-state index < -0.39 is 6.09 Å². The largest absolute Gasteiger partial charge is 0.465 e. The van der Waals surface area contributed by atoms with Gasteiger partial charge in [0.15, 0.2) is 0 Å². The Hall–Kier alpha value is -0.770. The SMILES string of the molecule is O=C(O)N1CCN(C2CCCCC2)CC1. The van der Waals surface area contributed by atoms with Crippen LogP contribution in [-0.4, -0.2) is 53.2 Å². The van der Waals surface area contributed by atoms with Gasteiger partial charge in [-0.1, -0.05) is 19.3 Å². The van der Waals surface area contributed by atoms with Crippen molar-refractivity contribution in [2.75, 3.05) is 26.2 Å². The molecule has 1 amide bonds. The van der Waals surface area contributed by atoms with Gasteiger partial charge in [0.25, 0.3) is 0 Å². The number of carbonyl (C=O) groups is 1. The third-order valence-corrected chi connectivity index (χ3v) is 3.68. The van der Waals surface area contributed by atoms with Gasteiger partial charge in [-0.05, 0) is 12.8 Å². The summed E-state index contributed by atoms with van der Waals surface area (Å²) in [6.45, 7) is 3.23. The average molecular weight is 212 g/mol. The van der Waals surface area contributed by atoms with Crippen molar-refractivity contribution >= 4 is 6.09 Å². The van der Waals surface area contributed by atoms with Crippen molar-refractivity contribution in [2.24, 2.45) is 0 Å². The van der Waals surface area contributed by atoms with Crippen molar-refractivity contribution in [3.8, 4) is 0 Å². The number of carboxylic acid groups (broad SMARTS) is 1. The van der Waals surface area contributed by atoms with Crippen LogP contribution in [0.5, 0.6) is 0 Å². The Morgan fingerprint density at radius 3 is 2.13 bits per heavy atom. The fourth-order valence-electron chi connectivity index (χ4n) is 2.72. The van der Waals surface area contributed by atoms with E-state index in [4.69, 9.17) is 5.11 Å². The molecule has 0 radical (unpaired) electrons. The lowest BCUT2D eigenvalue weighted by molar-refractivity contribution is 0.0733. The molecule has 15 heavy (non-hydrogen) atoms. The molecular weight excluding hydrogens is 192 g/mol. The van der Waals surface area contributed by atoms with Crippen LogP contribution >= 0.6 is 0 Å². The number of hydrogen-bond donors (Lipinski definition) is 1. The van der Waals surface area contributed by atoms with Crippen LogP contribution in [-0.2, 0) is 0 Å². The van der Waals surface area contributed by atoms with Gasteiger partial charge in [-0.15, -0.1) is 0 Å². The van der Waals surface area contributed by atoms with E-state index in [0.717, 1.165) is 19.1 Å². The fourth-order valence-corrected chi connectivity index (χ4v) is 2.72. The van der Waals surface area contributed by atoms with Crippen molar-refractivity contribution in [3.63, 3.8) is 0 Å². The summed E-state index contributed by atoms with van der Waals surface area (Å²) in [6, 6.07) is 0.731. The topological polar surface area (TPSA) is 43.8 Å². The molecule has 0 spiro atoms. The van der Waals surface area contributed by atoms with E-state index in [2.05, 4.69) is 4.90 Å². The highest BCUT2D eigenvalue weighted by Gasteiger charge is 2.26. The molecule has 1 saturated heterocycles. The zero-order valence-electron chi connectivity index (χ0n) is 9.19. The molecule has 1 aliphatic heterocycles. The number of hydrogen-bond acceptors (Lipinski definition) is 2. The van der Waals surface area contributed by atoms with Crippen LogP contribution in [0.1, 0.15) is 32.1 Å². The van der Waals surface area contributed by atoms with Gasteiger partial charge in [0, 0.05) is 32.2 Å². The second kappa shape index (κ2) is 4.84. The predicted octanol–water partition coefficient (Wildman–Crippen LogP) is 1.61. The molecule has 1 N–H and O–H groups in total. The summed E-state index contributed by atoms with van der Waals surface area (Å²) in [5.41, 5.74) is 0. The van der Waals surface area contributed by atoms with Gasteiger partial charge in [0.2, 0.25) is 0 Å². The molecular formula is C11H20N2O2. The maximum Gasteiger partial charge on any atom is 0.407 e. The summed E-state index contributed by atoms with van der Waals surface area (Å²) in [5, 5.41) is 8.84. The summed E-state index contributed by atoms with van der Waals surface area (Å²) < 4.78 is 0. The summed E-state index contributed by atoms with van der Waals surface area (Å²) in [4.78, 5) is 14.8. The molecule has 86 valence electrons. The van der Waals surface area contributed by atoms with E-state index in [0.29, 0.717) is 13.1 Å². The van der Waals surface area contributed by atoms with Crippen LogP contribution in [0.2, 0.25) is 0 Å². The third-order valence-electron chi connectivity index (χ3n) is 3.68. The van der Waals surface area contributed by atoms with E-state index >= 15 is 0 Å². The van der Waals surface area contributed by atoms with Gasteiger partial charge >= 0.3 is 6.09 Å². The molecule has 4 nitrogen and oxygen atoms in total. The maximum absolute atomic E-state index is 10.7. The van der Waals surface area contributed by atoms with Crippen molar-refractivity contribution in [3.05, 3.63) is 0 Å². The van der Waals surface area contributed by atoms with Gasteiger partial charge < -0.3 is 10.0 Å². The van der Waals surface area contributed by atoms with Crippen LogP contribution in [0.4, 0.5) is 4.79 Å². The van der Waals surface area contributed by atoms with Gasteiger partial charge in [-0.3, -0.25) is 4.90 Å². The van der Waals surface area contributed by atoms with Crippen LogP contribution in [0.25, 0.3) is 0 Å². The minimum Gasteiger partial charge on any atom is -0.465 e. The Labute approximate surface area is 90.9 Å². The first kappa shape index (κ1) is 10.7. The predicted molar refractivity (Wildman–Crippen MR) is 58.0 cm³/mol. The minimum atomic E-state index is -0.765. The first-order chi connectivity index (χ1) is 7.27. The van der Waals surface area contributed by atoms with Crippen molar-refractivity contribution in [1.29, 1.82) is 0 Å². The average Bonchev–Trinajstić information content (AvgIpc) is 2.30. The Morgan fingerprint density at radius 1 is 1.00 bits per heavy atom. The highest BCUT2D eigenvalue weighted by molar-refractivity contribution is 5.65. The summed E-state index contributed by atoms with van der Waals surface area (Å²) in [6.07, 6.45) is 5.94. The maximum atomic E-state index is 10.7. The number of nitrogens with zero attached hydrogens (tertiary/aromatic N) is 2. The molecule has 1 saturated carbocycles. The van der Waals surface area contributed by atoms with Crippen molar-refractivity contribution in [1.82, 2.24) is 9.80 Å². The van der Waals surface area contributed by atoms with Gasteiger partial charge in [0.05, 0.1) is 0 Å². The Bertz CT molecular complexity index is 219. The van der Waals surface area contributed by atoms with Crippen molar-refractivity contribution < 1.29 is 9.90 Å². The molecule has 4 heteroatoms. The molecule has 2 rings (SSSR count). The Balaban J connectivity index is 1.79. The molecule has 0 aromatic rings. The lowest BCUT2D eigenvalue weighted by Gasteiger charge is -2.39. The lowest BCUT2D eigenvalue weighted by Crippen LogP contribution is -2.52. The van der Waals surface area contributed by atoms with Crippen LogP contribution < -0.4 is 0 Å². The van der Waals surface area contributed by atoms with Gasteiger partial charge in [-0.25, -0.2) is 4.79 Å². The molecule has 0 bridgehead atoms. The second-order valence-electron chi connectivity index (χ2n) is 4.60. The summed E-state index contributed by atoms with van der Waals surface area (Å²) in [5.74, 6) is 0. The van der Waals surface area contributed by atoms with E-state index in [1.165, 1.54) is 37.0 Å². The second-order valence-corrected chi connectivity index (χ2v) is 4.60. The van der Waals surface area contributed by atoms with E-state index in [1.54, 1.807) is 0 Å². The standard InChI is InChI=1S/C11H20N2O2/c14-11(15)13-8-6-12(7-9-13)10-4-2-1-3-5-10/h10H,1-9H2,(H,14,15). The third kappa shape index (κ3) is 2.62. The first-order valence-electron chi connectivity index (χ1n) is 5.99. The van der Waals surface area contributed by atoms with Crippen LogP contribution in [0.3, 0.4) is 0 Å². The number of piperazine rings is 1. The molecule has 0 aromatic carbocycles. The Morgan fingerprint density at radius 2 is 1.60 bits per heavy atom. The van der Waals surface area contributed by atoms with Crippen molar-refractivity contribution in [2.45, 2.75) is 38.1 Å². The normalized spacial score (nSPS) is 25.5. The first-order valence-corrected chi connectivity index (χ1v) is 5.99. The van der Waals surface area contributed by atoms with E-state index in [9.17, 15) is 4.79 Å². The number of amides is 1. The fraction of sp³-hybridized carbons (Fsp3) is 0.909. The highest BCUT2D eigenvalue weighted by atomic mass is 16.4. The molecule has 0 atom stereocenters. The van der Waals surface area contributed by atoms with Crippen LogP contribution in [0.15, 0.2) is 0 Å². The minimum absolute atomic E-state index is 0.686. The zero-order valence-corrected chi connectivity index (χ0v) is 9.19. The molecule has 1 aliphatic carbocycles. The van der Waals surface area contributed by atoms with Gasteiger partial charge in [-0.2, -0.15) is 0 Å². The number of rotatable bonds is 1. The molecule has 1 heterocycles. The molecule has 2 aliphatic rings. The highest BCUT2D eigenvalue weighted by Crippen LogP contribution is 2.23. The quantitative estimate of drug-likeness (QED) is 0.718. The smallest absolute Gasteiger partial charge is 0.407 e. The lowest BCUT2D eigenvalue weighted by atomic mass is 9.94. The molecule has 0 unspecified atom stereocenters. The van der Waals surface area contributed by atoms with E-state index in [-0.39, 0.29) is 0 Å². The molecule has 2 fully saturated rings. The summed E-state index contributed by atoms with van der Waals surface area (Å²) in [7, 11) is 0. The van der Waals surface area contributed by atoms with Crippen LogP contribution in [0, 0.1) is 0 Å². The zero-order chi connectivity index (χ0) is 10.7. The van der Waals surface area contributed by atoms with Gasteiger partial charge in [0.1, 0.15) is 0 Å². The van der Waals surface area contributed by atoms with E-state index in [1.807, 2.05) is 0 Å². The monoisotopic (exact) mass is 212 g/mol.